The van der Waals surface area contributed by atoms with Crippen molar-refractivity contribution in [2.24, 2.45) is 5.92 Å². The van der Waals surface area contributed by atoms with Crippen LogP contribution in [0.15, 0.2) is 24.3 Å². The fraction of sp³-hybridized carbons (Fsp3) is 0.588. The molecule has 1 atom stereocenters. The van der Waals surface area contributed by atoms with E-state index < -0.39 is 11.5 Å². The lowest BCUT2D eigenvalue weighted by Crippen LogP contribution is -2.58. The summed E-state index contributed by atoms with van der Waals surface area (Å²) in [7, 11) is 0. The highest BCUT2D eigenvalue weighted by atomic mass is 16.5. The van der Waals surface area contributed by atoms with Crippen molar-refractivity contribution in [3.63, 3.8) is 0 Å². The fourth-order valence-corrected chi connectivity index (χ4v) is 2.68. The van der Waals surface area contributed by atoms with Crippen LogP contribution in [0.5, 0.6) is 5.75 Å². The molecule has 4 nitrogen and oxygen atoms in total. The third kappa shape index (κ3) is 3.56. The van der Waals surface area contributed by atoms with Gasteiger partial charge in [-0.25, -0.2) is 0 Å². The SMILES string of the molecule is CCNC(COc1cccc(C(C)C)c1)(C(=O)O)C1CC1. The Kier molecular flexibility index (Phi) is 4.88. The van der Waals surface area contributed by atoms with Crippen LogP contribution >= 0.6 is 0 Å². The van der Waals surface area contributed by atoms with Gasteiger partial charge in [0.1, 0.15) is 12.4 Å². The van der Waals surface area contributed by atoms with Gasteiger partial charge in [-0.3, -0.25) is 10.1 Å². The van der Waals surface area contributed by atoms with Crippen molar-refractivity contribution in [2.75, 3.05) is 13.2 Å². The maximum Gasteiger partial charge on any atom is 0.327 e. The van der Waals surface area contributed by atoms with E-state index in [2.05, 4.69) is 25.2 Å². The fourth-order valence-electron chi connectivity index (χ4n) is 2.68. The first-order chi connectivity index (χ1) is 9.99. The van der Waals surface area contributed by atoms with Crippen molar-refractivity contribution in [3.05, 3.63) is 29.8 Å². The molecular weight excluding hydrogens is 266 g/mol. The highest BCUT2D eigenvalue weighted by Gasteiger charge is 2.51. The maximum atomic E-state index is 11.7. The molecule has 1 unspecified atom stereocenters. The number of nitrogens with one attached hydrogen (secondary N) is 1. The van der Waals surface area contributed by atoms with Crippen LogP contribution in [0.3, 0.4) is 0 Å². The van der Waals surface area contributed by atoms with Crippen LogP contribution in [0.4, 0.5) is 0 Å². The van der Waals surface area contributed by atoms with Gasteiger partial charge in [0.2, 0.25) is 0 Å². The summed E-state index contributed by atoms with van der Waals surface area (Å²) in [5.74, 6) is 0.524. The predicted octanol–water partition coefficient (Wildman–Crippen LogP) is 3.03. The van der Waals surface area contributed by atoms with Crippen LogP contribution < -0.4 is 10.1 Å². The van der Waals surface area contributed by atoms with Gasteiger partial charge in [-0.2, -0.15) is 0 Å². The summed E-state index contributed by atoms with van der Waals surface area (Å²) in [6.07, 6.45) is 1.91. The minimum atomic E-state index is -0.956. The van der Waals surface area contributed by atoms with E-state index in [-0.39, 0.29) is 12.5 Å². The van der Waals surface area contributed by atoms with E-state index in [1.165, 1.54) is 5.56 Å². The van der Waals surface area contributed by atoms with E-state index in [0.29, 0.717) is 12.5 Å². The van der Waals surface area contributed by atoms with Crippen LogP contribution in [0.2, 0.25) is 0 Å². The summed E-state index contributed by atoms with van der Waals surface area (Å²) in [6, 6.07) is 7.90. The Hall–Kier alpha value is -1.55. The molecule has 0 saturated heterocycles. The number of carboxylic acids is 1. The van der Waals surface area contributed by atoms with Gasteiger partial charge in [0.15, 0.2) is 5.54 Å². The van der Waals surface area contributed by atoms with Gasteiger partial charge in [0.25, 0.3) is 0 Å². The van der Waals surface area contributed by atoms with Crippen LogP contribution in [-0.4, -0.2) is 29.8 Å². The van der Waals surface area contributed by atoms with Crippen molar-refractivity contribution in [2.45, 2.75) is 45.1 Å². The highest BCUT2D eigenvalue weighted by Crippen LogP contribution is 2.40. The molecule has 21 heavy (non-hydrogen) atoms. The molecule has 1 aliphatic rings. The number of hydrogen-bond donors (Lipinski definition) is 2. The second kappa shape index (κ2) is 6.48. The zero-order valence-electron chi connectivity index (χ0n) is 13.1. The summed E-state index contributed by atoms with van der Waals surface area (Å²) in [4.78, 5) is 11.7. The maximum absolute atomic E-state index is 11.7. The number of carbonyl (C=O) groups is 1. The van der Waals surface area contributed by atoms with Gasteiger partial charge < -0.3 is 9.84 Å². The first-order valence-electron chi connectivity index (χ1n) is 7.70. The van der Waals surface area contributed by atoms with Crippen molar-refractivity contribution in [1.29, 1.82) is 0 Å². The summed E-state index contributed by atoms with van der Waals surface area (Å²) in [6.45, 7) is 6.98. The molecule has 0 aromatic heterocycles. The molecule has 0 bridgehead atoms. The van der Waals surface area contributed by atoms with E-state index in [0.717, 1.165) is 18.6 Å². The van der Waals surface area contributed by atoms with Crippen LogP contribution in [-0.2, 0) is 4.79 Å². The number of likely N-dealkylation sites (N-methyl/N-ethyl adjacent to an activating group) is 1. The number of aliphatic carboxylic acids is 1. The van der Waals surface area contributed by atoms with E-state index in [1.807, 2.05) is 25.1 Å². The van der Waals surface area contributed by atoms with Gasteiger partial charge >= 0.3 is 5.97 Å². The van der Waals surface area contributed by atoms with Gasteiger partial charge in [-0.1, -0.05) is 32.9 Å². The van der Waals surface area contributed by atoms with Gasteiger partial charge in [0.05, 0.1) is 0 Å². The molecule has 1 fully saturated rings. The molecule has 0 spiro atoms. The van der Waals surface area contributed by atoms with Crippen molar-refractivity contribution in [1.82, 2.24) is 5.32 Å². The zero-order chi connectivity index (χ0) is 15.5. The minimum Gasteiger partial charge on any atom is -0.491 e. The van der Waals surface area contributed by atoms with Crippen molar-refractivity contribution in [3.8, 4) is 5.75 Å². The Balaban J connectivity index is 2.11. The Bertz CT molecular complexity index is 497. The number of carboxylic acid groups (broad SMARTS) is 1. The van der Waals surface area contributed by atoms with Gasteiger partial charge in [0, 0.05) is 0 Å². The topological polar surface area (TPSA) is 58.6 Å². The molecule has 0 amide bonds. The van der Waals surface area contributed by atoms with Crippen LogP contribution in [0.1, 0.15) is 45.1 Å². The lowest BCUT2D eigenvalue weighted by atomic mass is 9.94. The quantitative estimate of drug-likeness (QED) is 0.773. The zero-order valence-corrected chi connectivity index (χ0v) is 13.1. The molecule has 1 saturated carbocycles. The average Bonchev–Trinajstić information content (AvgIpc) is 3.28. The third-order valence-corrected chi connectivity index (χ3v) is 4.14. The van der Waals surface area contributed by atoms with E-state index in [4.69, 9.17) is 4.74 Å². The monoisotopic (exact) mass is 291 g/mol. The Morgan fingerprint density at radius 3 is 2.71 bits per heavy atom. The Morgan fingerprint density at radius 2 is 2.19 bits per heavy atom. The normalized spacial score (nSPS) is 17.5. The second-order valence-electron chi connectivity index (χ2n) is 6.10. The molecule has 1 aromatic carbocycles. The molecular formula is C17H25NO3. The molecule has 0 aliphatic heterocycles. The molecule has 0 heterocycles. The predicted molar refractivity (Wildman–Crippen MR) is 82.8 cm³/mol. The molecule has 4 heteroatoms. The second-order valence-corrected chi connectivity index (χ2v) is 6.10. The number of benzene rings is 1. The highest BCUT2D eigenvalue weighted by molar-refractivity contribution is 5.80. The number of rotatable bonds is 8. The van der Waals surface area contributed by atoms with E-state index in [9.17, 15) is 9.90 Å². The first-order valence-corrected chi connectivity index (χ1v) is 7.70. The largest absolute Gasteiger partial charge is 0.491 e. The standard InChI is InChI=1S/C17H25NO3/c1-4-18-17(16(19)20,14-8-9-14)11-21-15-7-5-6-13(10-15)12(2)3/h5-7,10,12,14,18H,4,8-9,11H2,1-3H3,(H,19,20). The average molecular weight is 291 g/mol. The molecule has 2 rings (SSSR count). The third-order valence-electron chi connectivity index (χ3n) is 4.14. The van der Waals surface area contributed by atoms with Gasteiger partial charge in [-0.15, -0.1) is 0 Å². The first kappa shape index (κ1) is 15.8. The van der Waals surface area contributed by atoms with Crippen LogP contribution in [0.25, 0.3) is 0 Å². The number of hydrogen-bond acceptors (Lipinski definition) is 3. The number of ether oxygens (including phenoxy) is 1. The van der Waals surface area contributed by atoms with Crippen molar-refractivity contribution >= 4 is 5.97 Å². The van der Waals surface area contributed by atoms with Gasteiger partial charge in [-0.05, 0) is 48.9 Å². The van der Waals surface area contributed by atoms with Crippen molar-refractivity contribution < 1.29 is 14.6 Å². The summed E-state index contributed by atoms with van der Waals surface area (Å²) in [5, 5.41) is 12.8. The lowest BCUT2D eigenvalue weighted by Gasteiger charge is -2.30. The van der Waals surface area contributed by atoms with E-state index >= 15 is 0 Å². The van der Waals surface area contributed by atoms with E-state index in [1.54, 1.807) is 0 Å². The molecule has 116 valence electrons. The minimum absolute atomic E-state index is 0.169. The molecule has 1 aromatic rings. The smallest absolute Gasteiger partial charge is 0.327 e. The Labute approximate surface area is 126 Å². The summed E-state index contributed by atoms with van der Waals surface area (Å²) >= 11 is 0. The van der Waals surface area contributed by atoms with Crippen LogP contribution in [0, 0.1) is 5.92 Å². The lowest BCUT2D eigenvalue weighted by molar-refractivity contribution is -0.147. The Morgan fingerprint density at radius 1 is 1.48 bits per heavy atom. The molecule has 2 N–H and O–H groups in total. The summed E-state index contributed by atoms with van der Waals surface area (Å²) < 4.78 is 5.83. The molecule has 0 radical (unpaired) electrons. The summed E-state index contributed by atoms with van der Waals surface area (Å²) in [5.41, 5.74) is 0.242. The molecule has 1 aliphatic carbocycles.